The van der Waals surface area contributed by atoms with Gasteiger partial charge in [0.15, 0.2) is 0 Å². The van der Waals surface area contributed by atoms with Crippen LogP contribution in [0.15, 0.2) is 29.0 Å². The molecule has 90 valence electrons. The van der Waals surface area contributed by atoms with Gasteiger partial charge in [0.05, 0.1) is 17.4 Å². The fourth-order valence-corrected chi connectivity index (χ4v) is 2.32. The van der Waals surface area contributed by atoms with Crippen LogP contribution in [0.25, 0.3) is 0 Å². The van der Waals surface area contributed by atoms with E-state index in [0.717, 1.165) is 27.8 Å². The van der Waals surface area contributed by atoms with Crippen LogP contribution < -0.4 is 5.73 Å². The number of hydrogen-bond donors (Lipinski definition) is 1. The molecule has 5 heteroatoms. The molecule has 0 radical (unpaired) electrons. The van der Waals surface area contributed by atoms with Crippen LogP contribution >= 0.6 is 15.9 Å². The van der Waals surface area contributed by atoms with Gasteiger partial charge in [-0.15, -0.1) is 0 Å². The number of pyridine rings is 1. The number of aromatic nitrogens is 3. The molecule has 0 amide bonds. The molecule has 2 N–H and O–H groups in total. The number of halogens is 1. The van der Waals surface area contributed by atoms with Gasteiger partial charge in [0.1, 0.15) is 0 Å². The van der Waals surface area contributed by atoms with E-state index in [2.05, 4.69) is 26.0 Å². The summed E-state index contributed by atoms with van der Waals surface area (Å²) in [7, 11) is 1.92. The topological polar surface area (TPSA) is 56.7 Å². The van der Waals surface area contributed by atoms with Crippen LogP contribution in [0, 0.1) is 6.92 Å². The molecule has 1 atom stereocenters. The largest absolute Gasteiger partial charge is 0.322 e. The molecule has 4 nitrogen and oxygen atoms in total. The summed E-state index contributed by atoms with van der Waals surface area (Å²) in [6.07, 6.45) is 4.36. The SMILES string of the molecule is Cc1cc(C(N)Cc2cncc(Br)c2)n(C)n1. The van der Waals surface area contributed by atoms with Crippen LogP contribution in [0.4, 0.5) is 0 Å². The van der Waals surface area contributed by atoms with Crippen molar-refractivity contribution < 1.29 is 0 Å². The smallest absolute Gasteiger partial charge is 0.0597 e. The monoisotopic (exact) mass is 294 g/mol. The van der Waals surface area contributed by atoms with Crippen molar-refractivity contribution in [2.75, 3.05) is 0 Å². The zero-order valence-electron chi connectivity index (χ0n) is 9.89. The standard InChI is InChI=1S/C12H15BrN4/c1-8-3-12(17(2)16-8)11(14)5-9-4-10(13)7-15-6-9/h3-4,6-7,11H,5,14H2,1-2H3. The molecule has 2 rings (SSSR count). The van der Waals surface area contributed by atoms with Crippen molar-refractivity contribution in [1.29, 1.82) is 0 Å². The molecular weight excluding hydrogens is 280 g/mol. The maximum atomic E-state index is 6.19. The van der Waals surface area contributed by atoms with Crippen molar-refractivity contribution in [3.8, 4) is 0 Å². The van der Waals surface area contributed by atoms with Gasteiger partial charge >= 0.3 is 0 Å². The zero-order valence-corrected chi connectivity index (χ0v) is 11.5. The Kier molecular flexibility index (Phi) is 3.59. The van der Waals surface area contributed by atoms with E-state index in [1.165, 1.54) is 0 Å². The highest BCUT2D eigenvalue weighted by atomic mass is 79.9. The van der Waals surface area contributed by atoms with Crippen molar-refractivity contribution >= 4 is 15.9 Å². The Morgan fingerprint density at radius 2 is 2.18 bits per heavy atom. The molecule has 0 aliphatic rings. The molecule has 0 aromatic carbocycles. The summed E-state index contributed by atoms with van der Waals surface area (Å²) in [6.45, 7) is 1.97. The second-order valence-corrected chi connectivity index (χ2v) is 5.07. The first-order valence-electron chi connectivity index (χ1n) is 5.42. The number of hydrogen-bond acceptors (Lipinski definition) is 3. The highest BCUT2D eigenvalue weighted by Crippen LogP contribution is 2.18. The van der Waals surface area contributed by atoms with Crippen LogP contribution in [0.2, 0.25) is 0 Å². The molecule has 0 aliphatic carbocycles. The molecule has 2 heterocycles. The summed E-state index contributed by atoms with van der Waals surface area (Å²) in [6, 6.07) is 4.00. The van der Waals surface area contributed by atoms with E-state index in [4.69, 9.17) is 5.73 Å². The van der Waals surface area contributed by atoms with E-state index in [1.54, 1.807) is 6.20 Å². The fourth-order valence-electron chi connectivity index (χ4n) is 1.90. The van der Waals surface area contributed by atoms with Gasteiger partial charge in [0.25, 0.3) is 0 Å². The second kappa shape index (κ2) is 4.98. The van der Waals surface area contributed by atoms with Gasteiger partial charge in [0.2, 0.25) is 0 Å². The maximum absolute atomic E-state index is 6.19. The van der Waals surface area contributed by atoms with Gasteiger partial charge in [0, 0.05) is 23.9 Å². The summed E-state index contributed by atoms with van der Waals surface area (Å²) >= 11 is 3.41. The third-order valence-electron chi connectivity index (χ3n) is 2.64. The summed E-state index contributed by atoms with van der Waals surface area (Å²) in [5.74, 6) is 0. The molecule has 0 aliphatic heterocycles. The Bertz CT molecular complexity index is 521. The highest BCUT2D eigenvalue weighted by Gasteiger charge is 2.12. The van der Waals surface area contributed by atoms with E-state index in [-0.39, 0.29) is 6.04 Å². The average molecular weight is 295 g/mol. The minimum atomic E-state index is -0.0581. The lowest BCUT2D eigenvalue weighted by Gasteiger charge is -2.11. The third-order valence-corrected chi connectivity index (χ3v) is 3.07. The predicted octanol–water partition coefficient (Wildman–Crippen LogP) is 2.13. The lowest BCUT2D eigenvalue weighted by Crippen LogP contribution is -2.17. The Labute approximate surface area is 109 Å². The van der Waals surface area contributed by atoms with E-state index in [1.807, 2.05) is 37.0 Å². The second-order valence-electron chi connectivity index (χ2n) is 4.16. The number of nitrogens with two attached hydrogens (primary N) is 1. The average Bonchev–Trinajstić information content (AvgIpc) is 2.58. The Hall–Kier alpha value is -1.20. The first-order valence-corrected chi connectivity index (χ1v) is 6.21. The minimum absolute atomic E-state index is 0.0581. The van der Waals surface area contributed by atoms with Crippen molar-refractivity contribution in [1.82, 2.24) is 14.8 Å². The Morgan fingerprint density at radius 1 is 1.41 bits per heavy atom. The minimum Gasteiger partial charge on any atom is -0.322 e. The number of aryl methyl sites for hydroxylation is 2. The van der Waals surface area contributed by atoms with E-state index in [0.29, 0.717) is 0 Å². The van der Waals surface area contributed by atoms with Crippen LogP contribution in [-0.4, -0.2) is 14.8 Å². The van der Waals surface area contributed by atoms with Crippen molar-refractivity contribution in [3.63, 3.8) is 0 Å². The maximum Gasteiger partial charge on any atom is 0.0597 e. The first kappa shape index (κ1) is 12.3. The molecule has 0 bridgehead atoms. The lowest BCUT2D eigenvalue weighted by atomic mass is 10.1. The van der Waals surface area contributed by atoms with Crippen molar-refractivity contribution in [3.05, 3.63) is 46.0 Å². The fraction of sp³-hybridized carbons (Fsp3) is 0.333. The highest BCUT2D eigenvalue weighted by molar-refractivity contribution is 9.10. The lowest BCUT2D eigenvalue weighted by molar-refractivity contribution is 0.614. The number of nitrogens with zero attached hydrogens (tertiary/aromatic N) is 3. The van der Waals surface area contributed by atoms with Gasteiger partial charge in [-0.05, 0) is 47.0 Å². The van der Waals surface area contributed by atoms with E-state index >= 15 is 0 Å². The molecular formula is C12H15BrN4. The Balaban J connectivity index is 2.16. The number of rotatable bonds is 3. The molecule has 2 aromatic heterocycles. The molecule has 0 saturated heterocycles. The van der Waals surface area contributed by atoms with Crippen molar-refractivity contribution in [2.45, 2.75) is 19.4 Å². The van der Waals surface area contributed by atoms with Gasteiger partial charge in [-0.3, -0.25) is 9.67 Å². The first-order chi connectivity index (χ1) is 8.06. The quantitative estimate of drug-likeness (QED) is 0.943. The molecule has 2 aromatic rings. The van der Waals surface area contributed by atoms with Gasteiger partial charge in [-0.1, -0.05) is 0 Å². The third kappa shape index (κ3) is 2.92. The summed E-state index contributed by atoms with van der Waals surface area (Å²) in [5.41, 5.74) is 9.34. The molecule has 0 spiro atoms. The normalized spacial score (nSPS) is 12.7. The van der Waals surface area contributed by atoms with Crippen molar-refractivity contribution in [2.24, 2.45) is 12.8 Å². The van der Waals surface area contributed by atoms with Crippen LogP contribution in [0.1, 0.15) is 23.0 Å². The zero-order chi connectivity index (χ0) is 12.4. The summed E-state index contributed by atoms with van der Waals surface area (Å²) in [4.78, 5) is 4.13. The molecule has 0 saturated carbocycles. The van der Waals surface area contributed by atoms with Crippen LogP contribution in [0.5, 0.6) is 0 Å². The Morgan fingerprint density at radius 3 is 2.76 bits per heavy atom. The molecule has 17 heavy (non-hydrogen) atoms. The summed E-state index contributed by atoms with van der Waals surface area (Å²) in [5, 5.41) is 4.30. The van der Waals surface area contributed by atoms with Gasteiger partial charge < -0.3 is 5.73 Å². The van der Waals surface area contributed by atoms with Gasteiger partial charge in [-0.2, -0.15) is 5.10 Å². The van der Waals surface area contributed by atoms with Crippen LogP contribution in [0.3, 0.4) is 0 Å². The molecule has 0 fully saturated rings. The van der Waals surface area contributed by atoms with E-state index < -0.39 is 0 Å². The van der Waals surface area contributed by atoms with Crippen LogP contribution in [-0.2, 0) is 13.5 Å². The molecule has 1 unspecified atom stereocenters. The van der Waals surface area contributed by atoms with E-state index in [9.17, 15) is 0 Å². The summed E-state index contributed by atoms with van der Waals surface area (Å²) < 4.78 is 2.81. The predicted molar refractivity (Wildman–Crippen MR) is 70.5 cm³/mol. The van der Waals surface area contributed by atoms with Gasteiger partial charge in [-0.25, -0.2) is 0 Å².